The predicted molar refractivity (Wildman–Crippen MR) is 80.0 cm³/mol. The van der Waals surface area contributed by atoms with Crippen LogP contribution < -0.4 is 4.74 Å². The van der Waals surface area contributed by atoms with Crippen LogP contribution in [-0.2, 0) is 9.59 Å². The molecule has 0 saturated heterocycles. The highest BCUT2D eigenvalue weighted by Gasteiger charge is 2.44. The molecule has 0 aliphatic rings. The second-order valence-electron chi connectivity index (χ2n) is 5.74. The Balaban J connectivity index is 2.84. The quantitative estimate of drug-likeness (QED) is 0.513. The van der Waals surface area contributed by atoms with E-state index in [0.717, 1.165) is 0 Å². The molecule has 0 fully saturated rings. The lowest BCUT2D eigenvalue weighted by molar-refractivity contribution is -0.159. The third-order valence-corrected chi connectivity index (χ3v) is 4.26. The molecule has 1 atom stereocenters. The molecule has 0 unspecified atom stereocenters. The molecule has 5 heteroatoms. The summed E-state index contributed by atoms with van der Waals surface area (Å²) in [4.78, 5) is 23.6. The number of carboxylic acid groups (broad SMARTS) is 1. The summed E-state index contributed by atoms with van der Waals surface area (Å²) >= 11 is 1.43. The molecule has 4 nitrogen and oxygen atoms in total. The van der Waals surface area contributed by atoms with Gasteiger partial charge in [-0.1, -0.05) is 39.0 Å². The fourth-order valence-electron chi connectivity index (χ4n) is 1.28. The zero-order valence-corrected chi connectivity index (χ0v) is 13.0. The van der Waals surface area contributed by atoms with Crippen molar-refractivity contribution in [3.8, 4) is 5.75 Å². The van der Waals surface area contributed by atoms with Crippen LogP contribution in [0.2, 0.25) is 0 Å². The van der Waals surface area contributed by atoms with Gasteiger partial charge in [0, 0.05) is 10.5 Å². The zero-order valence-electron chi connectivity index (χ0n) is 12.2. The lowest BCUT2D eigenvalue weighted by Crippen LogP contribution is -2.42. The summed E-state index contributed by atoms with van der Waals surface area (Å²) in [5, 5.41) is 9.36. The molecule has 20 heavy (non-hydrogen) atoms. The number of thioether (sulfide) groups is 1. The van der Waals surface area contributed by atoms with E-state index in [1.165, 1.54) is 18.7 Å². The van der Waals surface area contributed by atoms with E-state index in [4.69, 9.17) is 4.74 Å². The Kier molecular flexibility index (Phi) is 5.22. The number of rotatable bonds is 5. The Hall–Kier alpha value is -1.49. The van der Waals surface area contributed by atoms with Gasteiger partial charge in [-0.3, -0.25) is 9.59 Å². The number of ether oxygens (including phenoxy) is 1. The molecule has 0 spiro atoms. The summed E-state index contributed by atoms with van der Waals surface area (Å²) in [5.74, 6) is -1.40. The first kappa shape index (κ1) is 16.6. The SMILES string of the molecule is CC(C)(C)SC[C@](C)(C(=O)O)C(=O)Oc1ccccc1. The van der Waals surface area contributed by atoms with Crippen molar-refractivity contribution in [1.29, 1.82) is 0 Å². The van der Waals surface area contributed by atoms with Crippen molar-refractivity contribution in [2.24, 2.45) is 5.41 Å². The summed E-state index contributed by atoms with van der Waals surface area (Å²) in [6, 6.07) is 8.49. The van der Waals surface area contributed by atoms with Crippen LogP contribution in [0.15, 0.2) is 30.3 Å². The smallest absolute Gasteiger partial charge is 0.329 e. The van der Waals surface area contributed by atoms with Gasteiger partial charge in [-0.15, -0.1) is 0 Å². The highest BCUT2D eigenvalue weighted by molar-refractivity contribution is 8.00. The molecule has 0 saturated carbocycles. The van der Waals surface area contributed by atoms with Crippen molar-refractivity contribution in [3.63, 3.8) is 0 Å². The first-order chi connectivity index (χ1) is 9.15. The second kappa shape index (κ2) is 6.31. The number of carbonyl (C=O) groups is 2. The molecule has 0 aliphatic carbocycles. The Bertz CT molecular complexity index is 478. The van der Waals surface area contributed by atoms with E-state index in [0.29, 0.717) is 5.75 Å². The van der Waals surface area contributed by atoms with Gasteiger partial charge in [-0.2, -0.15) is 11.8 Å². The topological polar surface area (TPSA) is 63.6 Å². The summed E-state index contributed by atoms with van der Waals surface area (Å²) in [6.07, 6.45) is 0. The van der Waals surface area contributed by atoms with Crippen molar-refractivity contribution in [2.75, 3.05) is 5.75 Å². The molecule has 1 aromatic rings. The van der Waals surface area contributed by atoms with Gasteiger partial charge in [-0.05, 0) is 19.1 Å². The maximum Gasteiger partial charge on any atom is 0.329 e. The fraction of sp³-hybridized carbons (Fsp3) is 0.467. The number of benzene rings is 1. The summed E-state index contributed by atoms with van der Waals surface area (Å²) in [6.45, 7) is 7.33. The standard InChI is InChI=1S/C15H20O4S/c1-14(2,3)20-10-15(4,12(16)17)13(18)19-11-8-6-5-7-9-11/h5-9H,10H2,1-4H3,(H,16,17)/t15-/m1/s1. The Morgan fingerprint density at radius 1 is 1.15 bits per heavy atom. The number of hydrogen-bond donors (Lipinski definition) is 1. The number of para-hydroxylation sites is 1. The van der Waals surface area contributed by atoms with E-state index in [-0.39, 0.29) is 10.5 Å². The molecule has 0 heterocycles. The molecular formula is C15H20O4S. The lowest BCUT2D eigenvalue weighted by atomic mass is 9.94. The number of hydrogen-bond acceptors (Lipinski definition) is 4. The Labute approximate surface area is 123 Å². The maximum atomic E-state index is 12.2. The molecule has 1 rings (SSSR count). The van der Waals surface area contributed by atoms with Crippen LogP contribution in [-0.4, -0.2) is 27.5 Å². The van der Waals surface area contributed by atoms with Crippen LogP contribution >= 0.6 is 11.8 Å². The minimum absolute atomic E-state index is 0.121. The molecule has 0 bridgehead atoms. The van der Waals surface area contributed by atoms with Crippen molar-refractivity contribution >= 4 is 23.7 Å². The van der Waals surface area contributed by atoms with Crippen LogP contribution in [0.3, 0.4) is 0 Å². The second-order valence-corrected chi connectivity index (χ2v) is 7.54. The van der Waals surface area contributed by atoms with E-state index in [1.807, 2.05) is 20.8 Å². The first-order valence-electron chi connectivity index (χ1n) is 6.30. The van der Waals surface area contributed by atoms with Crippen molar-refractivity contribution in [2.45, 2.75) is 32.4 Å². The maximum absolute atomic E-state index is 12.2. The molecule has 0 aliphatic heterocycles. The van der Waals surface area contributed by atoms with E-state index in [1.54, 1.807) is 30.3 Å². The zero-order chi connectivity index (χ0) is 15.4. The third kappa shape index (κ3) is 4.56. The van der Waals surface area contributed by atoms with E-state index in [9.17, 15) is 14.7 Å². The van der Waals surface area contributed by atoms with E-state index < -0.39 is 17.4 Å². The monoisotopic (exact) mass is 296 g/mol. The molecule has 0 aromatic heterocycles. The molecule has 0 amide bonds. The molecule has 0 radical (unpaired) electrons. The number of esters is 1. The summed E-state index contributed by atoms with van der Waals surface area (Å²) in [5.41, 5.74) is -1.56. The fourth-order valence-corrected chi connectivity index (χ4v) is 2.24. The largest absolute Gasteiger partial charge is 0.480 e. The highest BCUT2D eigenvalue weighted by Crippen LogP contribution is 2.32. The molecular weight excluding hydrogens is 276 g/mol. The van der Waals surface area contributed by atoms with Gasteiger partial charge in [0.15, 0.2) is 5.41 Å². The van der Waals surface area contributed by atoms with Gasteiger partial charge in [0.25, 0.3) is 0 Å². The first-order valence-corrected chi connectivity index (χ1v) is 7.28. The number of carbonyl (C=O) groups excluding carboxylic acids is 1. The van der Waals surface area contributed by atoms with Crippen LogP contribution in [0, 0.1) is 5.41 Å². The van der Waals surface area contributed by atoms with Crippen LogP contribution in [0.4, 0.5) is 0 Å². The van der Waals surface area contributed by atoms with Crippen molar-refractivity contribution in [1.82, 2.24) is 0 Å². The number of carboxylic acids is 1. The van der Waals surface area contributed by atoms with Gasteiger partial charge in [0.2, 0.25) is 0 Å². The van der Waals surface area contributed by atoms with Gasteiger partial charge in [0.05, 0.1) is 0 Å². The van der Waals surface area contributed by atoms with Crippen LogP contribution in [0.25, 0.3) is 0 Å². The Morgan fingerprint density at radius 3 is 2.15 bits per heavy atom. The van der Waals surface area contributed by atoms with Crippen LogP contribution in [0.5, 0.6) is 5.75 Å². The summed E-state index contributed by atoms with van der Waals surface area (Å²) < 4.78 is 5.05. The average Bonchev–Trinajstić information content (AvgIpc) is 2.36. The van der Waals surface area contributed by atoms with Gasteiger partial charge >= 0.3 is 11.9 Å². The Morgan fingerprint density at radius 2 is 1.70 bits per heavy atom. The minimum Gasteiger partial charge on any atom is -0.480 e. The molecule has 110 valence electrons. The lowest BCUT2D eigenvalue weighted by Gasteiger charge is -2.26. The van der Waals surface area contributed by atoms with Crippen LogP contribution in [0.1, 0.15) is 27.7 Å². The van der Waals surface area contributed by atoms with Gasteiger partial charge in [0.1, 0.15) is 5.75 Å². The normalized spacial score (nSPS) is 14.4. The summed E-state index contributed by atoms with van der Waals surface area (Å²) in [7, 11) is 0. The predicted octanol–water partition coefficient (Wildman–Crippen LogP) is 3.21. The van der Waals surface area contributed by atoms with Gasteiger partial charge < -0.3 is 9.84 Å². The highest BCUT2D eigenvalue weighted by atomic mass is 32.2. The van der Waals surface area contributed by atoms with Gasteiger partial charge in [-0.25, -0.2) is 0 Å². The van der Waals surface area contributed by atoms with Crippen molar-refractivity contribution in [3.05, 3.63) is 30.3 Å². The number of aliphatic carboxylic acids is 1. The van der Waals surface area contributed by atoms with E-state index in [2.05, 4.69) is 0 Å². The third-order valence-electron chi connectivity index (χ3n) is 2.67. The molecule has 1 aromatic carbocycles. The van der Waals surface area contributed by atoms with E-state index >= 15 is 0 Å². The van der Waals surface area contributed by atoms with Crippen molar-refractivity contribution < 1.29 is 19.4 Å². The molecule has 1 N–H and O–H groups in total. The minimum atomic E-state index is -1.56. The average molecular weight is 296 g/mol.